The molecule has 1 saturated heterocycles. The van der Waals surface area contributed by atoms with Gasteiger partial charge in [0.2, 0.25) is 5.43 Å². The van der Waals surface area contributed by atoms with Gasteiger partial charge in [-0.05, 0) is 42.7 Å². The zero-order valence-electron chi connectivity index (χ0n) is 16.3. The highest BCUT2D eigenvalue weighted by Gasteiger charge is 2.26. The van der Waals surface area contributed by atoms with Crippen LogP contribution in [0, 0.1) is 0 Å². The molecule has 2 aliphatic rings. The summed E-state index contributed by atoms with van der Waals surface area (Å²) in [6.07, 6.45) is 4.00. The Morgan fingerprint density at radius 2 is 2.03 bits per heavy atom. The Labute approximate surface area is 168 Å². The number of rotatable bonds is 4. The van der Waals surface area contributed by atoms with Crippen LogP contribution in [0.1, 0.15) is 18.4 Å². The molecule has 3 heterocycles. The molecule has 1 atom stereocenters. The second-order valence-electron chi connectivity index (χ2n) is 7.55. The summed E-state index contributed by atoms with van der Waals surface area (Å²) in [4.78, 5) is 15.4. The van der Waals surface area contributed by atoms with Crippen molar-refractivity contribution in [2.24, 2.45) is 0 Å². The fourth-order valence-corrected chi connectivity index (χ4v) is 4.12. The van der Waals surface area contributed by atoms with Gasteiger partial charge >= 0.3 is 0 Å². The maximum Gasteiger partial charge on any atom is 0.200 e. The smallest absolute Gasteiger partial charge is 0.200 e. The second-order valence-corrected chi connectivity index (χ2v) is 7.55. The molecule has 29 heavy (non-hydrogen) atoms. The van der Waals surface area contributed by atoms with Crippen LogP contribution in [0.2, 0.25) is 0 Å². The minimum atomic E-state index is -0.0459. The predicted molar refractivity (Wildman–Crippen MR) is 109 cm³/mol. The lowest BCUT2D eigenvalue weighted by atomic mass is 10.0. The molecule has 0 bridgehead atoms. The van der Waals surface area contributed by atoms with Crippen molar-refractivity contribution in [3.05, 3.63) is 58.4 Å². The van der Waals surface area contributed by atoms with E-state index < -0.39 is 0 Å². The fraction of sp³-hybridized carbons (Fsp3) is 0.348. The summed E-state index contributed by atoms with van der Waals surface area (Å²) < 4.78 is 22.9. The highest BCUT2D eigenvalue weighted by molar-refractivity contribution is 5.85. The highest BCUT2D eigenvalue weighted by atomic mass is 16.5. The van der Waals surface area contributed by atoms with Crippen LogP contribution in [0.4, 0.5) is 0 Å². The van der Waals surface area contributed by atoms with E-state index in [4.69, 9.17) is 18.6 Å². The normalized spacial score (nSPS) is 19.1. The predicted octanol–water partition coefficient (Wildman–Crippen LogP) is 3.80. The van der Waals surface area contributed by atoms with Gasteiger partial charge in [-0.1, -0.05) is 12.1 Å². The van der Waals surface area contributed by atoms with E-state index in [1.807, 2.05) is 30.3 Å². The first-order valence-electron chi connectivity index (χ1n) is 9.91. The number of ether oxygens (including phenoxy) is 3. The summed E-state index contributed by atoms with van der Waals surface area (Å²) in [5.41, 5.74) is 2.81. The Morgan fingerprint density at radius 1 is 1.17 bits per heavy atom. The van der Waals surface area contributed by atoms with Gasteiger partial charge in [0, 0.05) is 19.7 Å². The Kier molecular flexibility index (Phi) is 4.73. The van der Waals surface area contributed by atoms with Gasteiger partial charge in [0.1, 0.15) is 30.1 Å². The molecule has 0 aliphatic carbocycles. The quantitative estimate of drug-likeness (QED) is 0.672. The highest BCUT2D eigenvalue weighted by Crippen LogP contribution is 2.33. The number of nitrogens with zero attached hydrogens (tertiary/aromatic N) is 1. The van der Waals surface area contributed by atoms with Gasteiger partial charge in [-0.25, -0.2) is 0 Å². The van der Waals surface area contributed by atoms with Crippen LogP contribution in [0.25, 0.3) is 22.1 Å². The van der Waals surface area contributed by atoms with E-state index in [0.29, 0.717) is 29.8 Å². The number of hydrogen-bond acceptors (Lipinski definition) is 6. The van der Waals surface area contributed by atoms with Crippen LogP contribution < -0.4 is 14.9 Å². The molecular formula is C23H23NO5. The van der Waals surface area contributed by atoms with Gasteiger partial charge in [-0.15, -0.1) is 0 Å². The summed E-state index contributed by atoms with van der Waals surface area (Å²) >= 11 is 0. The molecule has 1 aromatic heterocycles. The summed E-state index contributed by atoms with van der Waals surface area (Å²) in [6.45, 7) is 2.86. The molecular weight excluding hydrogens is 370 g/mol. The van der Waals surface area contributed by atoms with Crippen LogP contribution in [-0.4, -0.2) is 38.0 Å². The number of hydrogen-bond donors (Lipinski definition) is 0. The SMILES string of the molecule is COc1ccc(-c2coc3c4c(ccc3c2=O)OCN(C[C@@H]2CCCO2)C4)cc1. The molecule has 0 unspecified atom stereocenters. The fourth-order valence-electron chi connectivity index (χ4n) is 4.12. The van der Waals surface area contributed by atoms with E-state index >= 15 is 0 Å². The molecule has 5 rings (SSSR count). The lowest BCUT2D eigenvalue weighted by molar-refractivity contribution is 0.0281. The van der Waals surface area contributed by atoms with Crippen molar-refractivity contribution >= 4 is 11.0 Å². The van der Waals surface area contributed by atoms with Gasteiger partial charge in [-0.3, -0.25) is 9.69 Å². The van der Waals surface area contributed by atoms with Crippen LogP contribution in [0.5, 0.6) is 11.5 Å². The minimum absolute atomic E-state index is 0.0459. The van der Waals surface area contributed by atoms with Gasteiger partial charge in [0.05, 0.1) is 29.7 Å². The van der Waals surface area contributed by atoms with Gasteiger partial charge in [0.15, 0.2) is 0 Å². The van der Waals surface area contributed by atoms with Crippen molar-refractivity contribution in [1.82, 2.24) is 4.90 Å². The zero-order valence-corrected chi connectivity index (χ0v) is 16.3. The van der Waals surface area contributed by atoms with E-state index in [1.165, 1.54) is 0 Å². The first-order valence-corrected chi connectivity index (χ1v) is 9.91. The molecule has 0 N–H and O–H groups in total. The molecule has 2 aromatic carbocycles. The van der Waals surface area contributed by atoms with Crippen molar-refractivity contribution in [1.29, 1.82) is 0 Å². The van der Waals surface area contributed by atoms with E-state index in [2.05, 4.69) is 4.90 Å². The molecule has 6 heteroatoms. The molecule has 1 fully saturated rings. The largest absolute Gasteiger partial charge is 0.497 e. The number of benzene rings is 2. The third-order valence-corrected chi connectivity index (χ3v) is 5.67. The Bertz CT molecular complexity index is 1080. The third-order valence-electron chi connectivity index (χ3n) is 5.67. The number of fused-ring (bicyclic) bond motifs is 3. The van der Waals surface area contributed by atoms with Crippen LogP contribution in [-0.2, 0) is 11.3 Å². The molecule has 150 valence electrons. The lowest BCUT2D eigenvalue weighted by Gasteiger charge is -2.30. The van der Waals surface area contributed by atoms with Crippen molar-refractivity contribution in [3.8, 4) is 22.6 Å². The van der Waals surface area contributed by atoms with Crippen LogP contribution >= 0.6 is 0 Å². The van der Waals surface area contributed by atoms with Crippen molar-refractivity contribution < 1.29 is 18.6 Å². The van der Waals surface area contributed by atoms with Gasteiger partial charge < -0.3 is 18.6 Å². The first kappa shape index (κ1) is 18.2. The Balaban J connectivity index is 1.50. The Hall–Kier alpha value is -2.83. The summed E-state index contributed by atoms with van der Waals surface area (Å²) in [6, 6.07) is 11.1. The second kappa shape index (κ2) is 7.54. The average molecular weight is 393 g/mol. The Morgan fingerprint density at radius 3 is 2.79 bits per heavy atom. The first-order chi connectivity index (χ1) is 14.2. The van der Waals surface area contributed by atoms with Crippen LogP contribution in [0.15, 0.2) is 51.9 Å². The zero-order chi connectivity index (χ0) is 19.8. The average Bonchev–Trinajstić information content (AvgIpc) is 3.27. The maximum absolute atomic E-state index is 13.2. The van der Waals surface area contributed by atoms with Crippen molar-refractivity contribution in [2.45, 2.75) is 25.5 Å². The molecule has 0 amide bonds. The lowest BCUT2D eigenvalue weighted by Crippen LogP contribution is -2.37. The van der Waals surface area contributed by atoms with Crippen LogP contribution in [0.3, 0.4) is 0 Å². The van der Waals surface area contributed by atoms with E-state index in [1.54, 1.807) is 19.4 Å². The monoisotopic (exact) mass is 393 g/mol. The molecule has 3 aromatic rings. The van der Waals surface area contributed by atoms with E-state index in [-0.39, 0.29) is 11.5 Å². The van der Waals surface area contributed by atoms with E-state index in [9.17, 15) is 4.79 Å². The molecule has 0 radical (unpaired) electrons. The molecule has 2 aliphatic heterocycles. The van der Waals surface area contributed by atoms with Crippen molar-refractivity contribution in [3.63, 3.8) is 0 Å². The van der Waals surface area contributed by atoms with Crippen molar-refractivity contribution in [2.75, 3.05) is 27.0 Å². The molecule has 0 spiro atoms. The van der Waals surface area contributed by atoms with Gasteiger partial charge in [0.25, 0.3) is 0 Å². The van der Waals surface area contributed by atoms with Gasteiger partial charge in [-0.2, -0.15) is 0 Å². The third kappa shape index (κ3) is 3.39. The molecule has 6 nitrogen and oxygen atoms in total. The summed E-state index contributed by atoms with van der Waals surface area (Å²) in [5.74, 6) is 1.53. The standard InChI is InChI=1S/C23H23NO5/c1-26-16-6-4-15(5-7-16)20-13-28-23-18(22(20)25)8-9-21-19(23)12-24(14-29-21)11-17-3-2-10-27-17/h4-9,13,17H,2-3,10-12,14H2,1H3/t17-/m0/s1. The molecule has 0 saturated carbocycles. The minimum Gasteiger partial charge on any atom is -0.497 e. The van der Waals surface area contributed by atoms with E-state index in [0.717, 1.165) is 48.6 Å². The topological polar surface area (TPSA) is 61.1 Å². The maximum atomic E-state index is 13.2. The summed E-state index contributed by atoms with van der Waals surface area (Å²) in [5, 5.41) is 0.569. The number of methoxy groups -OCH3 is 1. The summed E-state index contributed by atoms with van der Waals surface area (Å²) in [7, 11) is 1.62.